The van der Waals surface area contributed by atoms with Gasteiger partial charge in [0.15, 0.2) is 23.8 Å². The number of likely N-dealkylation sites (N-methyl/N-ethyl adjacent to an activating group) is 1. The Morgan fingerprint density at radius 2 is 1.97 bits per heavy atom. The van der Waals surface area contributed by atoms with E-state index in [0.717, 1.165) is 25.7 Å². The summed E-state index contributed by atoms with van der Waals surface area (Å²) in [6.07, 6.45) is 1.15. The van der Waals surface area contributed by atoms with E-state index < -0.39 is 30.4 Å². The summed E-state index contributed by atoms with van der Waals surface area (Å²) in [5, 5.41) is 32.7. The highest BCUT2D eigenvalue weighted by molar-refractivity contribution is 5.83. The maximum Gasteiger partial charge on any atom is 0.252 e. The maximum absolute atomic E-state index is 12.2. The van der Waals surface area contributed by atoms with Crippen LogP contribution in [0.1, 0.15) is 51.1 Å². The van der Waals surface area contributed by atoms with E-state index in [-0.39, 0.29) is 18.2 Å². The number of aromatic nitrogens is 4. The van der Waals surface area contributed by atoms with E-state index in [1.165, 1.54) is 10.9 Å². The molecule has 11 heteroatoms. The van der Waals surface area contributed by atoms with E-state index in [1.54, 1.807) is 6.92 Å². The molecule has 0 unspecified atom stereocenters. The van der Waals surface area contributed by atoms with E-state index in [4.69, 9.17) is 10.5 Å². The van der Waals surface area contributed by atoms with Gasteiger partial charge in [-0.15, -0.1) is 0 Å². The standard InChI is InChI=1S/C22H30N6O5/c1-2-24-21(32)18-16(30)17(31)22(33-18)28-11-25-15-19(23)26-14(27-20(15)28)5-3-4-12-6-8-13(10-29)9-7-12/h11-13,16-18,22,29-31H,2,4,6-10H2,1H3,(H,24,32)(H2,23,26,27)/t12?,13?,16-,17+,18-,22+/m1/s1. The third-order valence-corrected chi connectivity index (χ3v) is 6.39. The van der Waals surface area contributed by atoms with Crippen LogP contribution in [0.3, 0.4) is 0 Å². The molecule has 1 saturated heterocycles. The summed E-state index contributed by atoms with van der Waals surface area (Å²) in [5.41, 5.74) is 6.66. The Kier molecular flexibility index (Phi) is 7.09. The van der Waals surface area contributed by atoms with Crippen molar-refractivity contribution in [3.8, 4) is 11.8 Å². The lowest BCUT2D eigenvalue weighted by Gasteiger charge is -2.25. The molecule has 33 heavy (non-hydrogen) atoms. The number of anilines is 1. The van der Waals surface area contributed by atoms with E-state index in [9.17, 15) is 20.1 Å². The van der Waals surface area contributed by atoms with Crippen LogP contribution < -0.4 is 11.1 Å². The highest BCUT2D eigenvalue weighted by Crippen LogP contribution is 2.32. The van der Waals surface area contributed by atoms with Crippen LogP contribution in [0, 0.1) is 23.7 Å². The molecule has 1 aliphatic carbocycles. The fourth-order valence-corrected chi connectivity index (χ4v) is 4.45. The number of rotatable bonds is 5. The molecule has 1 saturated carbocycles. The van der Waals surface area contributed by atoms with Crippen molar-refractivity contribution >= 4 is 22.9 Å². The van der Waals surface area contributed by atoms with Crippen molar-refractivity contribution in [3.05, 3.63) is 12.2 Å². The predicted molar refractivity (Wildman–Crippen MR) is 118 cm³/mol. The first kappa shape index (κ1) is 23.4. The van der Waals surface area contributed by atoms with E-state index in [2.05, 4.69) is 32.1 Å². The first-order valence-electron chi connectivity index (χ1n) is 11.3. The zero-order chi connectivity index (χ0) is 23.5. The Bertz CT molecular complexity index is 1050. The number of carbonyl (C=O) groups excluding carboxylic acids is 1. The molecule has 4 atom stereocenters. The molecule has 2 fully saturated rings. The van der Waals surface area contributed by atoms with Crippen molar-refractivity contribution < 1.29 is 24.9 Å². The number of ether oxygens (including phenoxy) is 1. The maximum atomic E-state index is 12.2. The average molecular weight is 459 g/mol. The number of aliphatic hydroxyl groups is 3. The van der Waals surface area contributed by atoms with Crippen LogP contribution in [-0.4, -0.2) is 72.2 Å². The van der Waals surface area contributed by atoms with E-state index >= 15 is 0 Å². The van der Waals surface area contributed by atoms with Gasteiger partial charge in [0.05, 0.1) is 6.33 Å². The number of nitrogens with two attached hydrogens (primary N) is 1. The van der Waals surface area contributed by atoms with Crippen molar-refractivity contribution in [3.63, 3.8) is 0 Å². The molecule has 3 heterocycles. The molecule has 2 aliphatic rings. The second-order valence-electron chi connectivity index (χ2n) is 8.65. The molecule has 1 aliphatic heterocycles. The van der Waals surface area contributed by atoms with Crippen molar-refractivity contribution in [2.75, 3.05) is 18.9 Å². The second-order valence-corrected chi connectivity index (χ2v) is 8.65. The molecular formula is C22H30N6O5. The van der Waals surface area contributed by atoms with Crippen LogP contribution in [0.2, 0.25) is 0 Å². The first-order chi connectivity index (χ1) is 15.9. The van der Waals surface area contributed by atoms with E-state index in [1.807, 2.05) is 0 Å². The van der Waals surface area contributed by atoms with Gasteiger partial charge in [0.25, 0.3) is 5.91 Å². The monoisotopic (exact) mass is 458 g/mol. The summed E-state index contributed by atoms with van der Waals surface area (Å²) in [5.74, 6) is 6.84. The summed E-state index contributed by atoms with van der Waals surface area (Å²) in [6.45, 7) is 2.37. The number of nitrogens with zero attached hydrogens (tertiary/aromatic N) is 4. The minimum absolute atomic E-state index is 0.139. The van der Waals surface area contributed by atoms with Crippen LogP contribution >= 0.6 is 0 Å². The van der Waals surface area contributed by atoms with Gasteiger partial charge in [-0.2, -0.15) is 0 Å². The smallest absolute Gasteiger partial charge is 0.252 e. The van der Waals surface area contributed by atoms with E-state index in [0.29, 0.717) is 36.0 Å². The molecule has 2 aromatic rings. The van der Waals surface area contributed by atoms with Crippen LogP contribution in [0.25, 0.3) is 11.2 Å². The zero-order valence-corrected chi connectivity index (χ0v) is 18.5. The van der Waals surface area contributed by atoms with Crippen LogP contribution in [-0.2, 0) is 9.53 Å². The number of carbonyl (C=O) groups is 1. The minimum Gasteiger partial charge on any atom is -0.396 e. The fourth-order valence-electron chi connectivity index (χ4n) is 4.45. The first-order valence-corrected chi connectivity index (χ1v) is 11.3. The molecule has 0 radical (unpaired) electrons. The quantitative estimate of drug-likeness (QED) is 0.378. The number of nitrogens with one attached hydrogen (secondary N) is 1. The molecule has 11 nitrogen and oxygen atoms in total. The van der Waals surface area contributed by atoms with Crippen LogP contribution in [0.15, 0.2) is 6.33 Å². The fraction of sp³-hybridized carbons (Fsp3) is 0.636. The highest BCUT2D eigenvalue weighted by Gasteiger charge is 2.47. The van der Waals surface area contributed by atoms with Gasteiger partial charge in [-0.25, -0.2) is 15.0 Å². The molecular weight excluding hydrogens is 428 g/mol. The Hall–Kier alpha value is -2.78. The third kappa shape index (κ3) is 4.79. The SMILES string of the molecule is CCNC(=O)[C@@H]1O[C@H](n2cnc3c(N)nc(C#CCC4CCC(CO)CC4)nc32)[C@@H](O)[C@H]1O. The summed E-state index contributed by atoms with van der Waals surface area (Å²) in [4.78, 5) is 25.0. The number of nitrogen functional groups attached to an aromatic ring is 1. The summed E-state index contributed by atoms with van der Waals surface area (Å²) >= 11 is 0. The largest absolute Gasteiger partial charge is 0.396 e. The van der Waals surface area contributed by atoms with Crippen molar-refractivity contribution in [1.29, 1.82) is 0 Å². The van der Waals surface area contributed by atoms with Gasteiger partial charge in [0.1, 0.15) is 17.7 Å². The number of fused-ring (bicyclic) bond motifs is 1. The van der Waals surface area contributed by atoms with Gasteiger partial charge in [0, 0.05) is 19.6 Å². The number of hydrogen-bond acceptors (Lipinski definition) is 9. The zero-order valence-electron chi connectivity index (χ0n) is 18.5. The highest BCUT2D eigenvalue weighted by atomic mass is 16.6. The lowest BCUT2D eigenvalue weighted by molar-refractivity contribution is -0.137. The topological polar surface area (TPSA) is 169 Å². The third-order valence-electron chi connectivity index (χ3n) is 6.39. The van der Waals surface area contributed by atoms with Gasteiger partial charge in [0.2, 0.25) is 5.82 Å². The van der Waals surface area contributed by atoms with Crippen LogP contribution in [0.4, 0.5) is 5.82 Å². The van der Waals surface area contributed by atoms with Crippen molar-refractivity contribution in [2.24, 2.45) is 11.8 Å². The molecule has 2 aromatic heterocycles. The second kappa shape index (κ2) is 10.0. The van der Waals surface area contributed by atoms with Crippen molar-refractivity contribution in [1.82, 2.24) is 24.8 Å². The predicted octanol–water partition coefficient (Wildman–Crippen LogP) is -0.296. The Balaban J connectivity index is 1.53. The Labute approximate surface area is 191 Å². The average Bonchev–Trinajstić information content (AvgIpc) is 3.36. The molecule has 4 rings (SSSR count). The molecule has 0 aromatic carbocycles. The van der Waals surface area contributed by atoms with Gasteiger partial charge < -0.3 is 31.1 Å². The van der Waals surface area contributed by atoms with Gasteiger partial charge >= 0.3 is 0 Å². The lowest BCUT2D eigenvalue weighted by atomic mass is 9.81. The number of aliphatic hydroxyl groups excluding tert-OH is 3. The number of amides is 1. The Morgan fingerprint density at radius 1 is 1.24 bits per heavy atom. The lowest BCUT2D eigenvalue weighted by Crippen LogP contribution is -2.42. The van der Waals surface area contributed by atoms with Crippen molar-refractivity contribution in [2.45, 2.75) is 63.6 Å². The minimum atomic E-state index is -1.40. The number of imidazole rings is 1. The Morgan fingerprint density at radius 3 is 2.67 bits per heavy atom. The molecule has 0 spiro atoms. The van der Waals surface area contributed by atoms with Crippen LogP contribution in [0.5, 0.6) is 0 Å². The van der Waals surface area contributed by atoms with Gasteiger partial charge in [-0.1, -0.05) is 5.92 Å². The van der Waals surface area contributed by atoms with Gasteiger partial charge in [-0.05, 0) is 50.4 Å². The van der Waals surface area contributed by atoms with Gasteiger partial charge in [-0.3, -0.25) is 9.36 Å². The molecule has 1 amide bonds. The summed E-state index contributed by atoms with van der Waals surface area (Å²) in [6, 6.07) is 0. The normalized spacial score (nSPS) is 29.6. The molecule has 178 valence electrons. The molecule has 6 N–H and O–H groups in total. The number of hydrogen-bond donors (Lipinski definition) is 5. The molecule has 0 bridgehead atoms. The summed E-state index contributed by atoms with van der Waals surface area (Å²) in [7, 11) is 0. The summed E-state index contributed by atoms with van der Waals surface area (Å²) < 4.78 is 7.10.